The predicted octanol–water partition coefficient (Wildman–Crippen LogP) is 3.18. The summed E-state index contributed by atoms with van der Waals surface area (Å²) in [6.45, 7) is 4.02. The van der Waals surface area contributed by atoms with Crippen LogP contribution >= 0.6 is 11.3 Å². The Hall–Kier alpha value is -2.70. The molecule has 0 aliphatic carbocycles. The van der Waals surface area contributed by atoms with Crippen LogP contribution in [0.25, 0.3) is 0 Å². The molecule has 1 heterocycles. The molecule has 0 unspecified atom stereocenters. The number of hydrogen-bond acceptors (Lipinski definition) is 6. The van der Waals surface area contributed by atoms with E-state index >= 15 is 0 Å². The molecule has 0 spiro atoms. The lowest BCUT2D eigenvalue weighted by molar-refractivity contribution is 0.141. The number of aliphatic hydroxyl groups excluding tert-OH is 1. The molecule has 2 N–H and O–H groups in total. The van der Waals surface area contributed by atoms with Crippen LogP contribution in [0, 0.1) is 17.1 Å². The first kappa shape index (κ1) is 18.6. The van der Waals surface area contributed by atoms with Crippen molar-refractivity contribution < 1.29 is 19.0 Å². The Morgan fingerprint density at radius 2 is 2.36 bits per heavy atom. The van der Waals surface area contributed by atoms with E-state index in [1.807, 2.05) is 6.07 Å². The molecule has 2 rings (SSSR count). The third-order valence-corrected chi connectivity index (χ3v) is 3.92. The maximum absolute atomic E-state index is 13.3. The Balaban J connectivity index is 2.07. The molecule has 1 atom stereocenters. The average molecular weight is 364 g/mol. The smallest absolute Gasteiger partial charge is 0.323 e. The van der Waals surface area contributed by atoms with Crippen molar-refractivity contribution in [2.45, 2.75) is 20.0 Å². The number of nitriles is 1. The number of nitrogens with one attached hydrogen (secondary N) is 1. The van der Waals surface area contributed by atoms with E-state index in [0.29, 0.717) is 16.7 Å². The normalized spacial score (nSPS) is 11.5. The van der Waals surface area contributed by atoms with Gasteiger partial charge in [0.1, 0.15) is 17.6 Å². The predicted molar refractivity (Wildman–Crippen MR) is 91.2 cm³/mol. The molecule has 2 aromatic rings. The molecule has 0 radical (unpaired) electrons. The van der Waals surface area contributed by atoms with Crippen LogP contribution in [0.1, 0.15) is 19.4 Å². The van der Waals surface area contributed by atoms with E-state index in [-0.39, 0.29) is 17.9 Å². The largest absolute Gasteiger partial charge is 0.443 e. The summed E-state index contributed by atoms with van der Waals surface area (Å²) < 4.78 is 18.8. The molecule has 0 bridgehead atoms. The second kappa shape index (κ2) is 8.41. The van der Waals surface area contributed by atoms with Crippen LogP contribution in [0.15, 0.2) is 24.4 Å². The van der Waals surface area contributed by atoms with Gasteiger partial charge in [-0.3, -0.25) is 5.32 Å². The van der Waals surface area contributed by atoms with E-state index in [4.69, 9.17) is 10.00 Å². The maximum Gasteiger partial charge on any atom is 0.323 e. The van der Waals surface area contributed by atoms with Gasteiger partial charge in [0.25, 0.3) is 0 Å². The van der Waals surface area contributed by atoms with Crippen molar-refractivity contribution >= 4 is 22.5 Å². The zero-order chi connectivity index (χ0) is 18.4. The number of ether oxygens (including phenoxy) is 1. The summed E-state index contributed by atoms with van der Waals surface area (Å²) in [7, 11) is 0. The summed E-state index contributed by atoms with van der Waals surface area (Å²) in [6.07, 6.45) is 0.732. The van der Waals surface area contributed by atoms with E-state index in [1.54, 1.807) is 13.8 Å². The third-order valence-electron chi connectivity index (χ3n) is 3.13. The number of likely N-dealkylation sites (N-methyl/N-ethyl adjacent to an activating group) is 1. The Kier molecular flexibility index (Phi) is 6.27. The SMILES string of the molecule is CCN(C[C@H](C)O)C(=O)Nc1ncc(Oc2cc(F)ccc2C#N)s1. The number of amides is 2. The summed E-state index contributed by atoms with van der Waals surface area (Å²) in [5.74, 6) is -0.447. The van der Waals surface area contributed by atoms with Crippen LogP contribution < -0.4 is 10.1 Å². The molecule has 0 saturated heterocycles. The van der Waals surface area contributed by atoms with Gasteiger partial charge in [-0.05, 0) is 26.0 Å². The van der Waals surface area contributed by atoms with E-state index < -0.39 is 18.0 Å². The molecule has 1 aromatic carbocycles. The average Bonchev–Trinajstić information content (AvgIpc) is 2.99. The van der Waals surface area contributed by atoms with Crippen molar-refractivity contribution in [1.29, 1.82) is 5.26 Å². The molecule has 1 aromatic heterocycles. The molecule has 25 heavy (non-hydrogen) atoms. The van der Waals surface area contributed by atoms with E-state index in [1.165, 1.54) is 23.2 Å². The number of anilines is 1. The number of rotatable bonds is 6. The molecule has 0 aliphatic rings. The number of urea groups is 1. The molecule has 7 nitrogen and oxygen atoms in total. The second-order valence-electron chi connectivity index (χ2n) is 5.16. The first-order valence-electron chi connectivity index (χ1n) is 7.50. The lowest BCUT2D eigenvalue weighted by atomic mass is 10.2. The fourth-order valence-corrected chi connectivity index (χ4v) is 2.66. The fourth-order valence-electron chi connectivity index (χ4n) is 1.99. The molecule has 0 aliphatic heterocycles. The van der Waals surface area contributed by atoms with Gasteiger partial charge in [0, 0.05) is 19.2 Å². The monoisotopic (exact) mass is 364 g/mol. The summed E-state index contributed by atoms with van der Waals surface area (Å²) in [4.78, 5) is 17.6. The lowest BCUT2D eigenvalue weighted by Gasteiger charge is -2.21. The number of hydrogen-bond donors (Lipinski definition) is 2. The summed E-state index contributed by atoms with van der Waals surface area (Å²) in [6, 6.07) is 5.12. The molecular formula is C16H17FN4O3S. The van der Waals surface area contributed by atoms with Crippen molar-refractivity contribution in [3.63, 3.8) is 0 Å². The van der Waals surface area contributed by atoms with Crippen molar-refractivity contribution in [2.24, 2.45) is 0 Å². The lowest BCUT2D eigenvalue weighted by Crippen LogP contribution is -2.39. The van der Waals surface area contributed by atoms with Gasteiger partial charge in [0.2, 0.25) is 5.06 Å². The Morgan fingerprint density at radius 3 is 3.00 bits per heavy atom. The third kappa shape index (κ3) is 5.14. The number of carbonyl (C=O) groups excluding carboxylic acids is 1. The first-order valence-corrected chi connectivity index (χ1v) is 8.32. The van der Waals surface area contributed by atoms with Crippen molar-refractivity contribution in [1.82, 2.24) is 9.88 Å². The standard InChI is InChI=1S/C16H17FN4O3S/c1-3-21(9-10(2)22)16(23)20-15-19-8-14(25-15)24-13-6-12(17)5-4-11(13)7-18/h4-6,8,10,22H,3,9H2,1-2H3,(H,19,20,23)/t10-/m0/s1. The molecule has 9 heteroatoms. The quantitative estimate of drug-likeness (QED) is 0.820. The Labute approximate surface area is 148 Å². The van der Waals surface area contributed by atoms with Gasteiger partial charge in [-0.15, -0.1) is 0 Å². The van der Waals surface area contributed by atoms with Gasteiger partial charge in [-0.1, -0.05) is 11.3 Å². The molecular weight excluding hydrogens is 347 g/mol. The van der Waals surface area contributed by atoms with Crippen LogP contribution in [0.5, 0.6) is 10.8 Å². The minimum Gasteiger partial charge on any atom is -0.443 e. The van der Waals surface area contributed by atoms with Crippen LogP contribution in [-0.4, -0.2) is 40.2 Å². The number of nitrogens with zero attached hydrogens (tertiary/aromatic N) is 3. The van der Waals surface area contributed by atoms with Crippen LogP contribution in [-0.2, 0) is 0 Å². The molecule has 0 fully saturated rings. The van der Waals surface area contributed by atoms with E-state index in [2.05, 4.69) is 10.3 Å². The molecule has 132 valence electrons. The van der Waals surface area contributed by atoms with E-state index in [9.17, 15) is 14.3 Å². The van der Waals surface area contributed by atoms with Crippen LogP contribution in [0.3, 0.4) is 0 Å². The highest BCUT2D eigenvalue weighted by molar-refractivity contribution is 7.17. The van der Waals surface area contributed by atoms with Crippen LogP contribution in [0.2, 0.25) is 0 Å². The topological polar surface area (TPSA) is 98.5 Å². The Morgan fingerprint density at radius 1 is 1.60 bits per heavy atom. The highest BCUT2D eigenvalue weighted by atomic mass is 32.1. The number of halogens is 1. The Bertz CT molecular complexity index is 788. The summed E-state index contributed by atoms with van der Waals surface area (Å²) in [5, 5.41) is 21.6. The minimum absolute atomic E-state index is 0.0771. The van der Waals surface area contributed by atoms with Gasteiger partial charge in [-0.2, -0.15) is 5.26 Å². The van der Waals surface area contributed by atoms with E-state index in [0.717, 1.165) is 17.4 Å². The molecule has 2 amide bonds. The van der Waals surface area contributed by atoms with Crippen LogP contribution in [0.4, 0.5) is 14.3 Å². The number of carbonyl (C=O) groups is 1. The summed E-state index contributed by atoms with van der Waals surface area (Å²) in [5.41, 5.74) is 0.189. The molecule has 0 saturated carbocycles. The minimum atomic E-state index is -0.640. The fraction of sp³-hybridized carbons (Fsp3) is 0.312. The zero-order valence-electron chi connectivity index (χ0n) is 13.7. The number of benzene rings is 1. The first-order chi connectivity index (χ1) is 11.9. The second-order valence-corrected chi connectivity index (χ2v) is 6.15. The van der Waals surface area contributed by atoms with Gasteiger partial charge >= 0.3 is 6.03 Å². The van der Waals surface area contributed by atoms with Gasteiger partial charge in [-0.25, -0.2) is 14.2 Å². The van der Waals surface area contributed by atoms with Gasteiger partial charge in [0.05, 0.1) is 17.9 Å². The van der Waals surface area contributed by atoms with Crippen molar-refractivity contribution in [2.75, 3.05) is 18.4 Å². The number of thiazole rings is 1. The van der Waals surface area contributed by atoms with Gasteiger partial charge in [0.15, 0.2) is 5.13 Å². The highest BCUT2D eigenvalue weighted by Gasteiger charge is 2.16. The zero-order valence-corrected chi connectivity index (χ0v) is 14.5. The highest BCUT2D eigenvalue weighted by Crippen LogP contribution is 2.32. The van der Waals surface area contributed by atoms with Gasteiger partial charge < -0.3 is 14.7 Å². The summed E-state index contributed by atoms with van der Waals surface area (Å²) >= 11 is 1.04. The number of aromatic nitrogens is 1. The van der Waals surface area contributed by atoms with Crippen molar-refractivity contribution in [3.05, 3.63) is 35.8 Å². The van der Waals surface area contributed by atoms with Crippen molar-refractivity contribution in [3.8, 4) is 16.9 Å². The number of aliphatic hydroxyl groups is 1. The maximum atomic E-state index is 13.3.